The fourth-order valence-corrected chi connectivity index (χ4v) is 4.58. The summed E-state index contributed by atoms with van der Waals surface area (Å²) in [4.78, 5) is 24.9. The van der Waals surface area contributed by atoms with Gasteiger partial charge in [-0.15, -0.1) is 0 Å². The second-order valence-corrected chi connectivity index (χ2v) is 10.3. The van der Waals surface area contributed by atoms with Crippen molar-refractivity contribution in [1.29, 1.82) is 0 Å². The van der Waals surface area contributed by atoms with Crippen LogP contribution < -0.4 is 10.1 Å². The Morgan fingerprint density at radius 1 is 1.03 bits per heavy atom. The van der Waals surface area contributed by atoms with Gasteiger partial charge in [-0.2, -0.15) is 0 Å². The summed E-state index contributed by atoms with van der Waals surface area (Å²) >= 11 is 0. The van der Waals surface area contributed by atoms with Crippen LogP contribution in [0.25, 0.3) is 11.0 Å². The van der Waals surface area contributed by atoms with Gasteiger partial charge < -0.3 is 24.5 Å². The summed E-state index contributed by atoms with van der Waals surface area (Å²) < 4.78 is 12.4. The Bertz CT molecular complexity index is 1410. The quantitative estimate of drug-likeness (QED) is 0.204. The van der Waals surface area contributed by atoms with Crippen LogP contribution in [0.5, 0.6) is 5.75 Å². The smallest absolute Gasteiger partial charge is 0.305 e. The number of aliphatic carboxylic acids is 1. The minimum atomic E-state index is -0.929. The van der Waals surface area contributed by atoms with Gasteiger partial charge in [0.05, 0.1) is 12.5 Å². The molecule has 2 N–H and O–H groups in total. The van der Waals surface area contributed by atoms with E-state index in [1.807, 2.05) is 60.7 Å². The summed E-state index contributed by atoms with van der Waals surface area (Å²) in [6.07, 6.45) is 0.771. The van der Waals surface area contributed by atoms with Crippen molar-refractivity contribution in [1.82, 2.24) is 4.90 Å². The number of anilines is 1. The number of carboxylic acids is 1. The van der Waals surface area contributed by atoms with Crippen molar-refractivity contribution in [2.24, 2.45) is 5.92 Å². The molecule has 7 nitrogen and oxygen atoms in total. The van der Waals surface area contributed by atoms with Crippen molar-refractivity contribution in [3.8, 4) is 5.75 Å². The van der Waals surface area contributed by atoms with Crippen molar-refractivity contribution < 1.29 is 23.8 Å². The minimum absolute atomic E-state index is 0.0640. The van der Waals surface area contributed by atoms with Crippen LogP contribution in [-0.2, 0) is 11.4 Å². The van der Waals surface area contributed by atoms with Gasteiger partial charge in [0.15, 0.2) is 0 Å². The minimum Gasteiger partial charge on any atom is -0.489 e. The van der Waals surface area contributed by atoms with Crippen molar-refractivity contribution >= 4 is 28.5 Å². The van der Waals surface area contributed by atoms with Crippen LogP contribution in [0.2, 0.25) is 0 Å². The van der Waals surface area contributed by atoms with E-state index in [0.29, 0.717) is 18.1 Å². The van der Waals surface area contributed by atoms with E-state index in [2.05, 4.69) is 26.1 Å². The summed E-state index contributed by atoms with van der Waals surface area (Å²) in [5, 5.41) is 13.5. The van der Waals surface area contributed by atoms with Crippen LogP contribution in [0.15, 0.2) is 77.2 Å². The molecule has 0 aliphatic heterocycles. The Balaban J connectivity index is 1.51. The molecule has 0 saturated heterocycles. The first-order chi connectivity index (χ1) is 18.7. The molecule has 1 aromatic heterocycles. The van der Waals surface area contributed by atoms with Crippen LogP contribution in [0.1, 0.15) is 60.0 Å². The zero-order valence-corrected chi connectivity index (χ0v) is 22.9. The number of furan rings is 1. The van der Waals surface area contributed by atoms with Gasteiger partial charge in [-0.3, -0.25) is 9.59 Å². The second kappa shape index (κ2) is 12.5. The van der Waals surface area contributed by atoms with E-state index in [1.165, 1.54) is 4.90 Å². The Morgan fingerprint density at radius 3 is 2.41 bits per heavy atom. The predicted molar refractivity (Wildman–Crippen MR) is 153 cm³/mol. The normalized spacial score (nSPS) is 11.9. The van der Waals surface area contributed by atoms with Crippen LogP contribution in [0.3, 0.4) is 0 Å². The maximum absolute atomic E-state index is 12.6. The third-order valence-electron chi connectivity index (χ3n) is 6.70. The summed E-state index contributed by atoms with van der Waals surface area (Å²) in [5.41, 5.74) is 4.38. The summed E-state index contributed by atoms with van der Waals surface area (Å²) in [7, 11) is 1.61. The average Bonchev–Trinajstić information content (AvgIpc) is 3.26. The van der Waals surface area contributed by atoms with Gasteiger partial charge in [0.2, 0.25) is 0 Å². The molecule has 0 spiro atoms. The lowest BCUT2D eigenvalue weighted by molar-refractivity contribution is -0.137. The van der Waals surface area contributed by atoms with Gasteiger partial charge in [-0.25, -0.2) is 0 Å². The molecule has 39 heavy (non-hydrogen) atoms. The number of rotatable bonds is 12. The molecule has 7 heteroatoms. The number of ether oxygens (including phenoxy) is 1. The van der Waals surface area contributed by atoms with E-state index in [4.69, 9.17) is 14.3 Å². The molecule has 0 radical (unpaired) electrons. The summed E-state index contributed by atoms with van der Waals surface area (Å²) in [6, 6.07) is 23.2. The molecule has 1 unspecified atom stereocenters. The fraction of sp³-hybridized carbons (Fsp3) is 0.312. The van der Waals surface area contributed by atoms with Gasteiger partial charge in [-0.1, -0.05) is 44.2 Å². The topological polar surface area (TPSA) is 92.0 Å². The first kappa shape index (κ1) is 27.8. The zero-order chi connectivity index (χ0) is 27.9. The number of carbonyl (C=O) groups excluding carboxylic acids is 1. The predicted octanol–water partition coefficient (Wildman–Crippen LogP) is 7.07. The Morgan fingerprint density at radius 2 is 1.74 bits per heavy atom. The first-order valence-corrected chi connectivity index (χ1v) is 13.2. The molecule has 4 rings (SSSR count). The number of carbonyl (C=O) groups is 2. The number of fused-ring (bicyclic) bond motifs is 1. The zero-order valence-electron chi connectivity index (χ0n) is 22.9. The second-order valence-electron chi connectivity index (χ2n) is 10.3. The standard InChI is InChI=1S/C32H36N2O5/c1-21(2)18-28(33-25-12-10-24(11-13-25)32(37)34(4)17-16-30(35)36)31-22(3)27-19-26(14-15-29(27)39-31)38-20-23-8-6-5-7-9-23/h5-15,19,21,28,33H,16-18,20H2,1-4H3,(H,35,36). The Labute approximate surface area is 229 Å². The van der Waals surface area contributed by atoms with Crippen molar-refractivity contribution in [2.75, 3.05) is 18.9 Å². The van der Waals surface area contributed by atoms with Gasteiger partial charge >= 0.3 is 5.97 Å². The van der Waals surface area contributed by atoms with Gasteiger partial charge in [0.25, 0.3) is 5.91 Å². The summed E-state index contributed by atoms with van der Waals surface area (Å²) in [6.45, 7) is 7.09. The first-order valence-electron chi connectivity index (χ1n) is 13.2. The van der Waals surface area contributed by atoms with Crippen molar-refractivity contribution in [3.63, 3.8) is 0 Å². The number of benzene rings is 3. The molecule has 0 saturated carbocycles. The van der Waals surface area contributed by atoms with Crippen LogP contribution in [0.4, 0.5) is 5.69 Å². The molecule has 0 fully saturated rings. The van der Waals surface area contributed by atoms with Gasteiger partial charge in [0.1, 0.15) is 23.7 Å². The lowest BCUT2D eigenvalue weighted by atomic mass is 9.98. The highest BCUT2D eigenvalue weighted by Gasteiger charge is 2.22. The number of carboxylic acid groups (broad SMARTS) is 1. The molecule has 1 heterocycles. The van der Waals surface area contributed by atoms with E-state index in [0.717, 1.165) is 45.7 Å². The van der Waals surface area contributed by atoms with E-state index in [1.54, 1.807) is 19.2 Å². The van der Waals surface area contributed by atoms with E-state index in [-0.39, 0.29) is 24.9 Å². The van der Waals surface area contributed by atoms with Crippen molar-refractivity contribution in [3.05, 3.63) is 95.2 Å². The highest BCUT2D eigenvalue weighted by Crippen LogP contribution is 2.36. The maximum atomic E-state index is 12.6. The molecule has 0 aliphatic rings. The molecular formula is C32H36N2O5. The lowest BCUT2D eigenvalue weighted by Crippen LogP contribution is -2.29. The highest BCUT2D eigenvalue weighted by atomic mass is 16.5. The number of hydrogen-bond acceptors (Lipinski definition) is 5. The molecular weight excluding hydrogens is 492 g/mol. The SMILES string of the molecule is Cc1c(C(CC(C)C)Nc2ccc(C(=O)N(C)CCC(=O)O)cc2)oc2ccc(OCc3ccccc3)cc12. The number of aryl methyl sites for hydroxylation is 1. The van der Waals surface area contributed by atoms with Crippen LogP contribution >= 0.6 is 0 Å². The third kappa shape index (κ3) is 7.19. The molecule has 1 amide bonds. The molecule has 0 aliphatic carbocycles. The van der Waals surface area contributed by atoms with Gasteiger partial charge in [0, 0.05) is 35.8 Å². The van der Waals surface area contributed by atoms with Crippen LogP contribution in [-0.4, -0.2) is 35.5 Å². The average molecular weight is 529 g/mol. The van der Waals surface area contributed by atoms with Crippen molar-refractivity contribution in [2.45, 2.75) is 46.3 Å². The van der Waals surface area contributed by atoms with Gasteiger partial charge in [-0.05, 0) is 67.3 Å². The highest BCUT2D eigenvalue weighted by molar-refractivity contribution is 5.94. The van der Waals surface area contributed by atoms with E-state index in [9.17, 15) is 9.59 Å². The molecule has 204 valence electrons. The van der Waals surface area contributed by atoms with E-state index < -0.39 is 5.97 Å². The Kier molecular flexibility index (Phi) is 8.92. The monoisotopic (exact) mass is 528 g/mol. The molecule has 1 atom stereocenters. The lowest BCUT2D eigenvalue weighted by Gasteiger charge is -2.21. The maximum Gasteiger partial charge on any atom is 0.305 e. The molecule has 0 bridgehead atoms. The summed E-state index contributed by atoms with van der Waals surface area (Å²) in [5.74, 6) is 0.960. The fourth-order valence-electron chi connectivity index (χ4n) is 4.58. The molecule has 3 aromatic carbocycles. The Hall–Kier alpha value is -4.26. The van der Waals surface area contributed by atoms with E-state index >= 15 is 0 Å². The number of amides is 1. The van der Waals surface area contributed by atoms with Crippen LogP contribution in [0, 0.1) is 12.8 Å². The molecule has 4 aromatic rings. The third-order valence-corrected chi connectivity index (χ3v) is 6.70. The number of nitrogens with zero attached hydrogens (tertiary/aromatic N) is 1. The largest absolute Gasteiger partial charge is 0.489 e. The number of hydrogen-bond donors (Lipinski definition) is 2. The number of nitrogens with one attached hydrogen (secondary N) is 1.